The molecular formula is C22H25BrClN3. The lowest BCUT2D eigenvalue weighted by atomic mass is 9.87. The Bertz CT molecular complexity index is 977. The van der Waals surface area contributed by atoms with Crippen molar-refractivity contribution in [3.8, 4) is 0 Å². The summed E-state index contributed by atoms with van der Waals surface area (Å²) < 4.78 is 1.03. The zero-order valence-corrected chi connectivity index (χ0v) is 18.3. The highest BCUT2D eigenvalue weighted by Crippen LogP contribution is 2.37. The zero-order valence-electron chi connectivity index (χ0n) is 15.9. The van der Waals surface area contributed by atoms with Crippen molar-refractivity contribution in [2.75, 3.05) is 17.2 Å². The van der Waals surface area contributed by atoms with E-state index in [1.165, 1.54) is 16.7 Å². The van der Waals surface area contributed by atoms with E-state index in [1.807, 2.05) is 12.1 Å². The molecule has 2 aromatic carbocycles. The van der Waals surface area contributed by atoms with Gasteiger partial charge in [0.05, 0.1) is 5.52 Å². The third-order valence-electron chi connectivity index (χ3n) is 5.19. The largest absolute Gasteiger partial charge is 0.398 e. The summed E-state index contributed by atoms with van der Waals surface area (Å²) >= 11 is 3.53. The molecule has 1 aromatic heterocycles. The van der Waals surface area contributed by atoms with E-state index < -0.39 is 0 Å². The SMILES string of the molecule is CC(C)(C)c1ccc(CN2CCc3c2nc2ccc(Br)cc2c3N)cc1.Cl. The van der Waals surface area contributed by atoms with Crippen molar-refractivity contribution < 1.29 is 0 Å². The van der Waals surface area contributed by atoms with Gasteiger partial charge in [0.25, 0.3) is 0 Å². The number of rotatable bonds is 2. The van der Waals surface area contributed by atoms with Crippen LogP contribution in [-0.4, -0.2) is 11.5 Å². The molecule has 2 N–H and O–H groups in total. The Morgan fingerprint density at radius 2 is 1.81 bits per heavy atom. The Labute approximate surface area is 175 Å². The van der Waals surface area contributed by atoms with Gasteiger partial charge in [-0.15, -0.1) is 12.4 Å². The molecule has 0 fully saturated rings. The van der Waals surface area contributed by atoms with Crippen LogP contribution in [0.3, 0.4) is 0 Å². The second kappa shape index (κ2) is 7.33. The Balaban J connectivity index is 0.00000210. The summed E-state index contributed by atoms with van der Waals surface area (Å²) in [5.74, 6) is 1.04. The second-order valence-corrected chi connectivity index (χ2v) is 9.02. The summed E-state index contributed by atoms with van der Waals surface area (Å²) in [7, 11) is 0. The summed E-state index contributed by atoms with van der Waals surface area (Å²) in [5, 5.41) is 1.04. The predicted molar refractivity (Wildman–Crippen MR) is 121 cm³/mol. The van der Waals surface area contributed by atoms with Gasteiger partial charge in [0.1, 0.15) is 5.82 Å². The molecule has 0 bridgehead atoms. The molecule has 0 saturated carbocycles. The van der Waals surface area contributed by atoms with Crippen LogP contribution in [0.2, 0.25) is 0 Å². The van der Waals surface area contributed by atoms with Crippen LogP contribution in [0.1, 0.15) is 37.5 Å². The van der Waals surface area contributed by atoms with Gasteiger partial charge in [0.15, 0.2) is 0 Å². The molecule has 27 heavy (non-hydrogen) atoms. The van der Waals surface area contributed by atoms with Crippen LogP contribution < -0.4 is 10.6 Å². The number of anilines is 2. The van der Waals surface area contributed by atoms with Gasteiger partial charge in [-0.05, 0) is 41.2 Å². The van der Waals surface area contributed by atoms with Crippen molar-refractivity contribution in [3.63, 3.8) is 0 Å². The second-order valence-electron chi connectivity index (χ2n) is 8.11. The molecule has 0 unspecified atom stereocenters. The van der Waals surface area contributed by atoms with Crippen LogP contribution in [0, 0.1) is 0 Å². The number of nitrogens with zero attached hydrogens (tertiary/aromatic N) is 2. The molecule has 1 aliphatic rings. The summed E-state index contributed by atoms with van der Waals surface area (Å²) in [6.45, 7) is 8.57. The first-order valence-corrected chi connectivity index (χ1v) is 9.84. The maximum Gasteiger partial charge on any atom is 0.134 e. The van der Waals surface area contributed by atoms with Crippen LogP contribution in [0.4, 0.5) is 11.5 Å². The molecule has 0 spiro atoms. The molecule has 5 heteroatoms. The predicted octanol–water partition coefficient (Wildman–Crippen LogP) is 5.86. The van der Waals surface area contributed by atoms with E-state index in [-0.39, 0.29) is 17.8 Å². The number of hydrogen-bond donors (Lipinski definition) is 1. The lowest BCUT2D eigenvalue weighted by Crippen LogP contribution is -2.20. The van der Waals surface area contributed by atoms with Crippen molar-refractivity contribution in [2.45, 2.75) is 39.2 Å². The number of fused-ring (bicyclic) bond motifs is 2. The Morgan fingerprint density at radius 1 is 1.11 bits per heavy atom. The minimum absolute atomic E-state index is 0. The molecule has 0 amide bonds. The fraction of sp³-hybridized carbons (Fsp3) is 0.318. The topological polar surface area (TPSA) is 42.2 Å². The van der Waals surface area contributed by atoms with Crippen molar-refractivity contribution in [2.24, 2.45) is 0 Å². The average molecular weight is 447 g/mol. The van der Waals surface area contributed by atoms with Crippen molar-refractivity contribution in [1.29, 1.82) is 0 Å². The average Bonchev–Trinajstić information content (AvgIpc) is 2.98. The molecule has 0 atom stereocenters. The minimum atomic E-state index is 0. The van der Waals surface area contributed by atoms with E-state index in [2.05, 4.69) is 71.9 Å². The molecule has 1 aliphatic heterocycles. The number of nitrogen functional groups attached to an aromatic ring is 1. The van der Waals surface area contributed by atoms with E-state index in [0.29, 0.717) is 0 Å². The van der Waals surface area contributed by atoms with Gasteiger partial charge in [0.2, 0.25) is 0 Å². The van der Waals surface area contributed by atoms with Gasteiger partial charge in [-0.1, -0.05) is 61.0 Å². The lowest BCUT2D eigenvalue weighted by Gasteiger charge is -2.22. The van der Waals surface area contributed by atoms with Crippen LogP contribution >= 0.6 is 28.3 Å². The molecule has 2 heterocycles. The van der Waals surface area contributed by atoms with E-state index in [1.54, 1.807) is 0 Å². The normalized spacial score (nSPS) is 13.6. The monoisotopic (exact) mass is 445 g/mol. The summed E-state index contributed by atoms with van der Waals surface area (Å²) in [6.07, 6.45) is 0.955. The van der Waals surface area contributed by atoms with Gasteiger partial charge in [-0.25, -0.2) is 4.98 Å². The Hall–Kier alpha value is -1.78. The maximum atomic E-state index is 6.48. The van der Waals surface area contributed by atoms with Gasteiger partial charge in [-0.3, -0.25) is 0 Å². The quantitative estimate of drug-likeness (QED) is 0.536. The van der Waals surface area contributed by atoms with Crippen molar-refractivity contribution in [3.05, 3.63) is 63.6 Å². The highest BCUT2D eigenvalue weighted by atomic mass is 79.9. The molecule has 0 radical (unpaired) electrons. The standard InChI is InChI=1S/C22H24BrN3.ClH/c1-22(2,3)15-6-4-14(5-7-15)13-26-11-10-17-20(24)18-12-16(23)8-9-19(18)25-21(17)26;/h4-9,12H,10-11,13H2,1-3H3,(H2,24,25);1H. The number of aromatic nitrogens is 1. The molecular weight excluding hydrogens is 422 g/mol. The van der Waals surface area contributed by atoms with Crippen LogP contribution in [-0.2, 0) is 18.4 Å². The summed E-state index contributed by atoms with van der Waals surface area (Å²) in [5.41, 5.74) is 12.3. The highest BCUT2D eigenvalue weighted by molar-refractivity contribution is 9.10. The van der Waals surface area contributed by atoms with Gasteiger partial charge in [-0.2, -0.15) is 0 Å². The molecule has 3 aromatic rings. The molecule has 142 valence electrons. The fourth-order valence-corrected chi connectivity index (χ4v) is 3.99. The first-order valence-electron chi connectivity index (χ1n) is 9.05. The first kappa shape index (κ1) is 20.0. The Kier molecular flexibility index (Phi) is 5.42. The van der Waals surface area contributed by atoms with Crippen LogP contribution in [0.5, 0.6) is 0 Å². The van der Waals surface area contributed by atoms with Gasteiger partial charge < -0.3 is 10.6 Å². The number of nitrogens with two attached hydrogens (primary N) is 1. The summed E-state index contributed by atoms with van der Waals surface area (Å²) in [4.78, 5) is 7.26. The molecule has 0 aliphatic carbocycles. The smallest absolute Gasteiger partial charge is 0.134 e. The first-order chi connectivity index (χ1) is 12.3. The highest BCUT2D eigenvalue weighted by Gasteiger charge is 2.25. The Morgan fingerprint density at radius 3 is 2.48 bits per heavy atom. The van der Waals surface area contributed by atoms with Crippen LogP contribution in [0.25, 0.3) is 10.9 Å². The number of pyridine rings is 1. The van der Waals surface area contributed by atoms with Crippen molar-refractivity contribution in [1.82, 2.24) is 4.98 Å². The molecule has 4 rings (SSSR count). The van der Waals surface area contributed by atoms with Crippen LogP contribution in [0.15, 0.2) is 46.9 Å². The number of hydrogen-bond acceptors (Lipinski definition) is 3. The lowest BCUT2D eigenvalue weighted by molar-refractivity contribution is 0.590. The summed E-state index contributed by atoms with van der Waals surface area (Å²) in [6, 6.07) is 15.1. The third kappa shape index (κ3) is 3.78. The van der Waals surface area contributed by atoms with Gasteiger partial charge in [0, 0.05) is 34.2 Å². The van der Waals surface area contributed by atoms with E-state index in [0.717, 1.165) is 46.4 Å². The number of halogens is 2. The van der Waals surface area contributed by atoms with E-state index in [4.69, 9.17) is 10.7 Å². The fourth-order valence-electron chi connectivity index (χ4n) is 3.63. The molecule has 3 nitrogen and oxygen atoms in total. The number of benzene rings is 2. The van der Waals surface area contributed by atoms with E-state index >= 15 is 0 Å². The maximum absolute atomic E-state index is 6.48. The minimum Gasteiger partial charge on any atom is -0.398 e. The van der Waals surface area contributed by atoms with E-state index in [9.17, 15) is 0 Å². The molecule has 0 saturated heterocycles. The van der Waals surface area contributed by atoms with Crippen molar-refractivity contribution >= 4 is 50.7 Å². The van der Waals surface area contributed by atoms with Gasteiger partial charge >= 0.3 is 0 Å². The zero-order chi connectivity index (χ0) is 18.5. The third-order valence-corrected chi connectivity index (χ3v) is 5.69.